The molecule has 6 heteroatoms. The summed E-state index contributed by atoms with van der Waals surface area (Å²) < 4.78 is 1.67. The van der Waals surface area contributed by atoms with Crippen LogP contribution in [0, 0.1) is 6.92 Å². The van der Waals surface area contributed by atoms with E-state index in [2.05, 4.69) is 4.98 Å². The van der Waals surface area contributed by atoms with Crippen LogP contribution in [0.5, 0.6) is 0 Å². The minimum atomic E-state index is -0.733. The number of aliphatic hydroxyl groups excluding tert-OH is 1. The number of hydrogen-bond donors (Lipinski definition) is 3. The van der Waals surface area contributed by atoms with Crippen LogP contribution in [0.4, 0.5) is 0 Å². The molecule has 0 saturated carbocycles. The molecule has 2 rings (SSSR count). The van der Waals surface area contributed by atoms with Gasteiger partial charge in [-0.05, 0) is 25.1 Å². The minimum absolute atomic E-state index is 0.135. The number of pyridine rings is 1. The Kier molecular flexibility index (Phi) is 3.64. The van der Waals surface area contributed by atoms with E-state index in [0.717, 1.165) is 5.69 Å². The van der Waals surface area contributed by atoms with E-state index < -0.39 is 12.0 Å². The molecule has 0 spiro atoms. The second kappa shape index (κ2) is 5.21. The van der Waals surface area contributed by atoms with Crippen LogP contribution in [-0.2, 0) is 0 Å². The highest BCUT2D eigenvalue weighted by Crippen LogP contribution is 2.17. The normalized spacial score (nSPS) is 12.4. The van der Waals surface area contributed by atoms with Crippen LogP contribution in [-0.4, -0.2) is 27.1 Å². The molecule has 0 aliphatic rings. The average molecular weight is 260 g/mol. The quantitative estimate of drug-likeness (QED) is 0.733. The third kappa shape index (κ3) is 2.49. The van der Waals surface area contributed by atoms with Crippen LogP contribution in [0.3, 0.4) is 0 Å². The van der Waals surface area contributed by atoms with Crippen molar-refractivity contribution in [3.8, 4) is 5.82 Å². The van der Waals surface area contributed by atoms with Gasteiger partial charge in [0.1, 0.15) is 11.5 Å². The SMILES string of the molecule is Cc1ccc(C(N)=O)n1-c1ccc([C@@H](O)CN)cn1. The van der Waals surface area contributed by atoms with Gasteiger partial charge in [0.15, 0.2) is 0 Å². The third-order valence-corrected chi connectivity index (χ3v) is 2.94. The van der Waals surface area contributed by atoms with Gasteiger partial charge in [0.05, 0.1) is 6.10 Å². The molecule has 0 fully saturated rings. The largest absolute Gasteiger partial charge is 0.387 e. The number of aryl methyl sites for hydroxylation is 1. The van der Waals surface area contributed by atoms with Gasteiger partial charge in [-0.2, -0.15) is 0 Å². The number of aliphatic hydroxyl groups is 1. The summed E-state index contributed by atoms with van der Waals surface area (Å²) in [5.74, 6) is 0.0604. The fraction of sp³-hybridized carbons (Fsp3) is 0.231. The molecule has 1 amide bonds. The molecule has 100 valence electrons. The first kappa shape index (κ1) is 13.3. The van der Waals surface area contributed by atoms with Gasteiger partial charge in [0.25, 0.3) is 5.91 Å². The van der Waals surface area contributed by atoms with Gasteiger partial charge in [-0.3, -0.25) is 9.36 Å². The third-order valence-electron chi connectivity index (χ3n) is 2.94. The molecule has 0 aliphatic heterocycles. The standard InChI is InChI=1S/C13H16N4O2/c1-8-2-4-10(13(15)19)17(8)12-5-3-9(7-16-12)11(18)6-14/h2-5,7,11,18H,6,14H2,1H3,(H2,15,19)/t11-/m0/s1. The predicted molar refractivity (Wildman–Crippen MR) is 70.8 cm³/mol. The number of amides is 1. The zero-order valence-electron chi connectivity index (χ0n) is 10.6. The summed E-state index contributed by atoms with van der Waals surface area (Å²) >= 11 is 0. The van der Waals surface area contributed by atoms with Gasteiger partial charge < -0.3 is 16.6 Å². The summed E-state index contributed by atoms with van der Waals surface area (Å²) in [6.45, 7) is 1.99. The van der Waals surface area contributed by atoms with Crippen molar-refractivity contribution in [3.63, 3.8) is 0 Å². The van der Waals surface area contributed by atoms with Crippen molar-refractivity contribution in [3.05, 3.63) is 47.4 Å². The van der Waals surface area contributed by atoms with E-state index in [1.165, 1.54) is 6.20 Å². The number of rotatable bonds is 4. The number of nitrogens with two attached hydrogens (primary N) is 2. The Hall–Kier alpha value is -2.18. The number of aromatic nitrogens is 2. The van der Waals surface area contributed by atoms with Crippen molar-refractivity contribution < 1.29 is 9.90 Å². The first-order valence-corrected chi connectivity index (χ1v) is 5.87. The summed E-state index contributed by atoms with van der Waals surface area (Å²) in [5.41, 5.74) is 12.6. The van der Waals surface area contributed by atoms with E-state index >= 15 is 0 Å². The van der Waals surface area contributed by atoms with Crippen molar-refractivity contribution in [2.75, 3.05) is 6.54 Å². The van der Waals surface area contributed by atoms with Crippen LogP contribution in [0.2, 0.25) is 0 Å². The maximum atomic E-state index is 11.3. The van der Waals surface area contributed by atoms with E-state index in [1.807, 2.05) is 6.92 Å². The maximum Gasteiger partial charge on any atom is 0.265 e. The lowest BCUT2D eigenvalue weighted by atomic mass is 10.1. The highest BCUT2D eigenvalue weighted by atomic mass is 16.3. The van der Waals surface area contributed by atoms with E-state index in [4.69, 9.17) is 11.5 Å². The first-order chi connectivity index (χ1) is 9.04. The van der Waals surface area contributed by atoms with Crippen molar-refractivity contribution >= 4 is 5.91 Å². The Morgan fingerprint density at radius 2 is 2.16 bits per heavy atom. The van der Waals surface area contributed by atoms with Gasteiger partial charge in [-0.1, -0.05) is 6.07 Å². The average Bonchev–Trinajstić information content (AvgIpc) is 2.80. The molecule has 2 heterocycles. The van der Waals surface area contributed by atoms with Gasteiger partial charge in [0, 0.05) is 24.0 Å². The summed E-state index contributed by atoms with van der Waals surface area (Å²) in [4.78, 5) is 15.6. The van der Waals surface area contributed by atoms with Crippen molar-refractivity contribution in [2.45, 2.75) is 13.0 Å². The molecule has 0 saturated heterocycles. The zero-order chi connectivity index (χ0) is 14.0. The van der Waals surface area contributed by atoms with E-state index in [9.17, 15) is 9.90 Å². The number of hydrogen-bond acceptors (Lipinski definition) is 4. The number of primary amides is 1. The summed E-state index contributed by atoms with van der Waals surface area (Å²) in [7, 11) is 0. The van der Waals surface area contributed by atoms with E-state index in [1.54, 1.807) is 28.8 Å². The zero-order valence-corrected chi connectivity index (χ0v) is 10.6. The Labute approximate surface area is 110 Å². The highest BCUT2D eigenvalue weighted by molar-refractivity contribution is 5.92. The van der Waals surface area contributed by atoms with Gasteiger partial charge in [0.2, 0.25) is 0 Å². The fourth-order valence-corrected chi connectivity index (χ4v) is 1.90. The van der Waals surface area contributed by atoms with Crippen LogP contribution >= 0.6 is 0 Å². The lowest BCUT2D eigenvalue weighted by Crippen LogP contribution is -2.17. The van der Waals surface area contributed by atoms with E-state index in [0.29, 0.717) is 17.1 Å². The molecular formula is C13H16N4O2. The van der Waals surface area contributed by atoms with Crippen molar-refractivity contribution in [1.29, 1.82) is 0 Å². The Bertz CT molecular complexity index is 589. The number of carbonyl (C=O) groups is 1. The second-order valence-corrected chi connectivity index (χ2v) is 4.26. The molecule has 0 unspecified atom stereocenters. The first-order valence-electron chi connectivity index (χ1n) is 5.87. The highest BCUT2D eigenvalue weighted by Gasteiger charge is 2.13. The molecule has 19 heavy (non-hydrogen) atoms. The van der Waals surface area contributed by atoms with Crippen molar-refractivity contribution in [1.82, 2.24) is 9.55 Å². The second-order valence-electron chi connectivity index (χ2n) is 4.26. The lowest BCUT2D eigenvalue weighted by molar-refractivity contribution is 0.0993. The van der Waals surface area contributed by atoms with Crippen LogP contribution < -0.4 is 11.5 Å². The Morgan fingerprint density at radius 1 is 1.42 bits per heavy atom. The molecular weight excluding hydrogens is 244 g/mol. The van der Waals surface area contributed by atoms with Crippen LogP contribution in [0.15, 0.2) is 30.5 Å². The lowest BCUT2D eigenvalue weighted by Gasteiger charge is -2.11. The molecule has 0 bridgehead atoms. The topological polar surface area (TPSA) is 107 Å². The molecule has 2 aromatic heterocycles. The Morgan fingerprint density at radius 3 is 2.68 bits per heavy atom. The molecule has 0 aromatic carbocycles. The summed E-state index contributed by atoms with van der Waals surface area (Å²) in [6, 6.07) is 6.89. The fourth-order valence-electron chi connectivity index (χ4n) is 1.90. The van der Waals surface area contributed by atoms with Gasteiger partial charge in [-0.25, -0.2) is 4.98 Å². The van der Waals surface area contributed by atoms with E-state index in [-0.39, 0.29) is 6.54 Å². The minimum Gasteiger partial charge on any atom is -0.387 e. The molecule has 1 atom stereocenters. The molecule has 6 nitrogen and oxygen atoms in total. The summed E-state index contributed by atoms with van der Waals surface area (Å²) in [6.07, 6.45) is 0.805. The number of carbonyl (C=O) groups excluding carboxylic acids is 1. The Balaban J connectivity index is 2.43. The van der Waals surface area contributed by atoms with Crippen molar-refractivity contribution in [2.24, 2.45) is 11.5 Å². The molecule has 5 N–H and O–H groups in total. The van der Waals surface area contributed by atoms with Gasteiger partial charge >= 0.3 is 0 Å². The molecule has 0 aliphatic carbocycles. The smallest absolute Gasteiger partial charge is 0.265 e. The van der Waals surface area contributed by atoms with Crippen LogP contribution in [0.25, 0.3) is 5.82 Å². The maximum absolute atomic E-state index is 11.3. The monoisotopic (exact) mass is 260 g/mol. The molecule has 0 radical (unpaired) electrons. The van der Waals surface area contributed by atoms with Crippen LogP contribution in [0.1, 0.15) is 27.8 Å². The van der Waals surface area contributed by atoms with Gasteiger partial charge in [-0.15, -0.1) is 0 Å². The molecule has 2 aromatic rings. The predicted octanol–water partition coefficient (Wildman–Crippen LogP) is 0.272. The number of nitrogens with zero attached hydrogens (tertiary/aromatic N) is 2. The summed E-state index contributed by atoms with van der Waals surface area (Å²) in [5, 5.41) is 9.60.